The molecule has 1 atom stereocenters. The van der Waals surface area contributed by atoms with Crippen molar-refractivity contribution in [3.63, 3.8) is 0 Å². The zero-order chi connectivity index (χ0) is 14.4. The second kappa shape index (κ2) is 7.11. The number of alkyl halides is 3. The normalized spacial score (nSPS) is 18.4. The Bertz CT molecular complexity index is 382. The van der Waals surface area contributed by atoms with Gasteiger partial charge in [0.05, 0.1) is 0 Å². The minimum atomic E-state index is -4.24. The van der Waals surface area contributed by atoms with Gasteiger partial charge in [-0.3, -0.25) is 0 Å². The Morgan fingerprint density at radius 2 is 1.75 bits per heavy atom. The van der Waals surface area contributed by atoms with Crippen LogP contribution < -0.4 is 5.32 Å². The lowest BCUT2D eigenvalue weighted by molar-refractivity contribution is -0.157. The molecule has 1 aromatic carbocycles. The summed E-state index contributed by atoms with van der Waals surface area (Å²) < 4.78 is 39.2. The van der Waals surface area contributed by atoms with Gasteiger partial charge in [-0.1, -0.05) is 56.0 Å². The van der Waals surface area contributed by atoms with Crippen molar-refractivity contribution >= 4 is 0 Å². The van der Waals surface area contributed by atoms with Crippen LogP contribution in [0.25, 0.3) is 0 Å². The van der Waals surface area contributed by atoms with Gasteiger partial charge in [-0.15, -0.1) is 0 Å². The van der Waals surface area contributed by atoms with Crippen molar-refractivity contribution in [2.24, 2.45) is 5.92 Å². The topological polar surface area (TPSA) is 12.0 Å². The van der Waals surface area contributed by atoms with Gasteiger partial charge < -0.3 is 5.32 Å². The van der Waals surface area contributed by atoms with E-state index in [2.05, 4.69) is 5.32 Å². The van der Waals surface area contributed by atoms with Crippen molar-refractivity contribution in [1.82, 2.24) is 5.32 Å². The van der Waals surface area contributed by atoms with E-state index in [-0.39, 0.29) is 0 Å². The van der Waals surface area contributed by atoms with Crippen LogP contribution in [-0.4, -0.2) is 12.7 Å². The molecule has 0 aromatic heterocycles. The Hall–Kier alpha value is -1.03. The van der Waals surface area contributed by atoms with Crippen LogP contribution in [0.1, 0.15) is 50.1 Å². The maximum Gasteiger partial charge on any atom is 0.407 e. The number of hydrogen-bond donors (Lipinski definition) is 1. The number of nitrogens with one attached hydrogen (secondary N) is 1. The predicted molar refractivity (Wildman–Crippen MR) is 74.4 cm³/mol. The molecule has 1 aromatic rings. The average molecular weight is 285 g/mol. The first-order valence-corrected chi connectivity index (χ1v) is 7.42. The first-order chi connectivity index (χ1) is 9.57. The molecule has 4 heteroatoms. The van der Waals surface area contributed by atoms with E-state index in [4.69, 9.17) is 0 Å². The molecule has 112 valence electrons. The summed E-state index contributed by atoms with van der Waals surface area (Å²) in [6.45, 7) is 0.426. The van der Waals surface area contributed by atoms with Crippen LogP contribution >= 0.6 is 0 Å². The molecule has 0 amide bonds. The van der Waals surface area contributed by atoms with Crippen LogP contribution in [0.15, 0.2) is 30.3 Å². The summed E-state index contributed by atoms with van der Waals surface area (Å²) in [6, 6.07) is 6.54. The first kappa shape index (κ1) is 15.4. The Balaban J connectivity index is 1.82. The van der Waals surface area contributed by atoms with Crippen molar-refractivity contribution in [3.05, 3.63) is 35.9 Å². The highest BCUT2D eigenvalue weighted by molar-refractivity contribution is 5.20. The van der Waals surface area contributed by atoms with Crippen molar-refractivity contribution < 1.29 is 13.2 Å². The van der Waals surface area contributed by atoms with Gasteiger partial charge in [0.25, 0.3) is 0 Å². The quantitative estimate of drug-likeness (QED) is 0.737. The molecule has 1 aliphatic rings. The van der Waals surface area contributed by atoms with Crippen molar-refractivity contribution in [3.8, 4) is 0 Å². The lowest BCUT2D eigenvalue weighted by atomic mass is 10.0. The molecule has 0 aliphatic heterocycles. The smallest absolute Gasteiger partial charge is 0.302 e. The third-order valence-electron chi connectivity index (χ3n) is 4.07. The van der Waals surface area contributed by atoms with Crippen LogP contribution in [-0.2, 0) is 0 Å². The Labute approximate surface area is 118 Å². The van der Waals surface area contributed by atoms with Gasteiger partial charge in [-0.25, -0.2) is 0 Å². The molecule has 1 N–H and O–H groups in total. The fourth-order valence-corrected chi connectivity index (χ4v) is 3.00. The van der Waals surface area contributed by atoms with Crippen molar-refractivity contribution in [2.45, 2.75) is 50.7 Å². The zero-order valence-corrected chi connectivity index (χ0v) is 11.6. The molecule has 20 heavy (non-hydrogen) atoms. The number of rotatable bonds is 6. The van der Waals surface area contributed by atoms with Crippen LogP contribution in [0.4, 0.5) is 13.2 Å². The molecule has 0 bridgehead atoms. The van der Waals surface area contributed by atoms with Gasteiger partial charge in [0.15, 0.2) is 0 Å². The average Bonchev–Trinajstić information content (AvgIpc) is 2.91. The Kier molecular flexibility index (Phi) is 5.46. The zero-order valence-electron chi connectivity index (χ0n) is 11.6. The Morgan fingerprint density at radius 1 is 1.10 bits per heavy atom. The summed E-state index contributed by atoms with van der Waals surface area (Å²) in [5, 5.41) is 2.67. The molecule has 1 fully saturated rings. The van der Waals surface area contributed by atoms with E-state index < -0.39 is 12.2 Å². The molecule has 0 spiro atoms. The standard InChI is InChI=1S/C16H22F3N/c17-16(18,19)15(14-10-2-1-3-11-14)20-12-6-9-13-7-4-5-8-13/h1-3,10-11,13,15,20H,4-9,12H2. The molecular formula is C16H22F3N. The van der Waals surface area contributed by atoms with Crippen LogP contribution in [0.2, 0.25) is 0 Å². The summed E-state index contributed by atoms with van der Waals surface area (Å²) in [5.41, 5.74) is 0.292. The maximum absolute atomic E-state index is 13.1. The van der Waals surface area contributed by atoms with E-state index >= 15 is 0 Å². The summed E-state index contributed by atoms with van der Waals surface area (Å²) in [6.07, 6.45) is 2.70. The lowest BCUT2D eigenvalue weighted by Gasteiger charge is -2.22. The van der Waals surface area contributed by atoms with Crippen LogP contribution in [0.5, 0.6) is 0 Å². The predicted octanol–water partition coefficient (Wildman–Crippen LogP) is 4.85. The van der Waals surface area contributed by atoms with Gasteiger partial charge in [0, 0.05) is 0 Å². The highest BCUT2D eigenvalue weighted by Gasteiger charge is 2.40. The Morgan fingerprint density at radius 3 is 2.35 bits per heavy atom. The number of hydrogen-bond acceptors (Lipinski definition) is 1. The molecule has 0 radical (unpaired) electrons. The third kappa shape index (κ3) is 4.51. The second-order valence-electron chi connectivity index (χ2n) is 5.63. The molecule has 1 aliphatic carbocycles. The van der Waals surface area contributed by atoms with E-state index in [1.807, 2.05) is 0 Å². The molecule has 1 nitrogen and oxygen atoms in total. The highest BCUT2D eigenvalue weighted by Crippen LogP contribution is 2.33. The summed E-state index contributed by atoms with van der Waals surface area (Å²) in [7, 11) is 0. The fourth-order valence-electron chi connectivity index (χ4n) is 3.00. The van der Waals surface area contributed by atoms with E-state index in [0.29, 0.717) is 12.1 Å². The van der Waals surface area contributed by atoms with E-state index in [9.17, 15) is 13.2 Å². The van der Waals surface area contributed by atoms with Gasteiger partial charge in [0.2, 0.25) is 0 Å². The van der Waals surface area contributed by atoms with Gasteiger partial charge in [0.1, 0.15) is 6.04 Å². The third-order valence-corrected chi connectivity index (χ3v) is 4.07. The van der Waals surface area contributed by atoms with E-state index in [0.717, 1.165) is 18.8 Å². The van der Waals surface area contributed by atoms with Gasteiger partial charge in [-0.2, -0.15) is 13.2 Å². The minimum absolute atomic E-state index is 0.292. The number of benzene rings is 1. The molecule has 1 saturated carbocycles. The largest absolute Gasteiger partial charge is 0.407 e. The molecule has 0 heterocycles. The molecule has 1 unspecified atom stereocenters. The monoisotopic (exact) mass is 285 g/mol. The van der Waals surface area contributed by atoms with Crippen molar-refractivity contribution in [1.29, 1.82) is 0 Å². The van der Waals surface area contributed by atoms with E-state index in [1.54, 1.807) is 18.2 Å². The highest BCUT2D eigenvalue weighted by atomic mass is 19.4. The van der Waals surface area contributed by atoms with Gasteiger partial charge in [-0.05, 0) is 30.9 Å². The maximum atomic E-state index is 13.1. The first-order valence-electron chi connectivity index (χ1n) is 7.42. The SMILES string of the molecule is FC(F)(F)C(NCCCC1CCCC1)c1ccccc1. The molecule has 0 saturated heterocycles. The fraction of sp³-hybridized carbons (Fsp3) is 0.625. The minimum Gasteiger partial charge on any atom is -0.302 e. The van der Waals surface area contributed by atoms with Crippen LogP contribution in [0, 0.1) is 5.92 Å². The summed E-state index contributed by atoms with van der Waals surface area (Å²) in [5.74, 6) is 0.734. The summed E-state index contributed by atoms with van der Waals surface area (Å²) in [4.78, 5) is 0. The molecule has 2 rings (SSSR count). The van der Waals surface area contributed by atoms with Gasteiger partial charge >= 0.3 is 6.18 Å². The van der Waals surface area contributed by atoms with Crippen molar-refractivity contribution in [2.75, 3.05) is 6.54 Å². The van der Waals surface area contributed by atoms with E-state index in [1.165, 1.54) is 37.8 Å². The molecular weight excluding hydrogens is 263 g/mol. The number of halogens is 3. The van der Waals surface area contributed by atoms with Crippen LogP contribution in [0.3, 0.4) is 0 Å². The summed E-state index contributed by atoms with van der Waals surface area (Å²) >= 11 is 0. The lowest BCUT2D eigenvalue weighted by Crippen LogP contribution is -2.34. The second-order valence-corrected chi connectivity index (χ2v) is 5.63.